The van der Waals surface area contributed by atoms with Gasteiger partial charge in [-0.3, -0.25) is 14.9 Å². The number of rotatable bonds is 2. The maximum atomic E-state index is 12.9. The average molecular weight is 360 g/mol. The molecule has 1 N–H and O–H groups in total. The summed E-state index contributed by atoms with van der Waals surface area (Å²) in [6.45, 7) is 2.44. The lowest BCUT2D eigenvalue weighted by Gasteiger charge is -2.27. The van der Waals surface area contributed by atoms with Gasteiger partial charge in [0.1, 0.15) is 4.70 Å². The molecule has 3 rings (SSSR count). The van der Waals surface area contributed by atoms with Gasteiger partial charge < -0.3 is 10.2 Å². The maximum absolute atomic E-state index is 12.9. The van der Waals surface area contributed by atoms with Crippen LogP contribution in [0, 0.1) is 10.1 Å². The Bertz CT molecular complexity index is 862. The van der Waals surface area contributed by atoms with Crippen molar-refractivity contribution in [2.45, 2.75) is 6.18 Å². The monoisotopic (exact) mass is 360 g/mol. The van der Waals surface area contributed by atoms with Crippen LogP contribution in [0.4, 0.5) is 24.0 Å². The first-order valence-electron chi connectivity index (χ1n) is 6.93. The lowest BCUT2D eigenvalue weighted by atomic mass is 10.1. The van der Waals surface area contributed by atoms with Crippen LogP contribution < -0.4 is 15.8 Å². The molecule has 0 radical (unpaired) electrons. The van der Waals surface area contributed by atoms with Crippen molar-refractivity contribution in [1.29, 1.82) is 0 Å². The van der Waals surface area contributed by atoms with Crippen LogP contribution >= 0.6 is 11.3 Å². The molecule has 0 spiro atoms. The molecule has 24 heavy (non-hydrogen) atoms. The normalized spacial score (nSPS) is 15.7. The number of aromatic nitrogens is 1. The summed E-state index contributed by atoms with van der Waals surface area (Å²) >= 11 is 0.860. The number of benzene rings is 1. The van der Waals surface area contributed by atoms with E-state index in [2.05, 4.69) is 10.3 Å². The molecule has 7 nitrogen and oxygen atoms in total. The Morgan fingerprint density at radius 3 is 2.54 bits per heavy atom. The van der Waals surface area contributed by atoms with Gasteiger partial charge in [0.2, 0.25) is 0 Å². The van der Waals surface area contributed by atoms with Crippen molar-refractivity contribution in [2.75, 3.05) is 31.1 Å². The largest absolute Gasteiger partial charge is 0.416 e. The first-order valence-corrected chi connectivity index (χ1v) is 7.75. The third kappa shape index (κ3) is 3.04. The summed E-state index contributed by atoms with van der Waals surface area (Å²) in [5.41, 5.74) is -2.87. The van der Waals surface area contributed by atoms with E-state index in [4.69, 9.17) is 0 Å². The van der Waals surface area contributed by atoms with Gasteiger partial charge in [-0.05, 0) is 6.07 Å². The van der Waals surface area contributed by atoms with Crippen LogP contribution in [0.1, 0.15) is 5.56 Å². The van der Waals surface area contributed by atoms with Crippen molar-refractivity contribution < 1.29 is 18.1 Å². The Balaban J connectivity index is 2.24. The van der Waals surface area contributed by atoms with Crippen LogP contribution in [-0.2, 0) is 6.18 Å². The topological polar surface area (TPSA) is 88.4 Å². The fraction of sp³-hybridized carbons (Fsp3) is 0.385. The molecule has 0 unspecified atom stereocenters. The summed E-state index contributed by atoms with van der Waals surface area (Å²) in [6, 6.07) is 1.08. The number of halogens is 3. The molecule has 0 saturated carbocycles. The zero-order valence-corrected chi connectivity index (χ0v) is 12.9. The zero-order chi connectivity index (χ0) is 17.5. The van der Waals surface area contributed by atoms with Gasteiger partial charge in [0.15, 0.2) is 5.13 Å². The van der Waals surface area contributed by atoms with Crippen LogP contribution in [0.5, 0.6) is 0 Å². The molecule has 1 aromatic heterocycles. The lowest BCUT2D eigenvalue weighted by Crippen LogP contribution is -2.44. The Morgan fingerprint density at radius 2 is 1.96 bits per heavy atom. The minimum Gasteiger partial charge on any atom is -0.345 e. The van der Waals surface area contributed by atoms with E-state index < -0.39 is 27.9 Å². The van der Waals surface area contributed by atoms with Crippen molar-refractivity contribution in [1.82, 2.24) is 10.3 Å². The molecule has 2 aromatic rings. The van der Waals surface area contributed by atoms with Crippen molar-refractivity contribution in [3.63, 3.8) is 0 Å². The van der Waals surface area contributed by atoms with Crippen LogP contribution in [0.15, 0.2) is 16.9 Å². The molecule has 0 atom stereocenters. The summed E-state index contributed by atoms with van der Waals surface area (Å²) in [6.07, 6.45) is -4.78. The number of non-ortho nitro benzene ring substituents is 1. The number of nitro groups is 1. The van der Waals surface area contributed by atoms with Gasteiger partial charge in [-0.15, -0.1) is 0 Å². The second-order valence-corrected chi connectivity index (χ2v) is 6.14. The summed E-state index contributed by atoms with van der Waals surface area (Å²) in [5.74, 6) is 0. The molecule has 11 heteroatoms. The summed E-state index contributed by atoms with van der Waals surface area (Å²) in [5, 5.41) is 14.2. The number of piperazine rings is 1. The number of hydrogen-bond donors (Lipinski definition) is 1. The van der Waals surface area contributed by atoms with Crippen molar-refractivity contribution >= 4 is 32.2 Å². The Morgan fingerprint density at radius 1 is 1.29 bits per heavy atom. The van der Waals surface area contributed by atoms with E-state index in [1.165, 1.54) is 0 Å². The van der Waals surface area contributed by atoms with Crippen LogP contribution in [0.3, 0.4) is 0 Å². The number of fused-ring (bicyclic) bond motifs is 1. The molecular formula is C13H11F3N4O3S. The molecule has 0 amide bonds. The molecule has 0 bridgehead atoms. The second-order valence-electron chi connectivity index (χ2n) is 5.17. The van der Waals surface area contributed by atoms with E-state index in [9.17, 15) is 28.1 Å². The maximum Gasteiger partial charge on any atom is 0.416 e. The number of anilines is 1. The molecule has 1 aromatic carbocycles. The van der Waals surface area contributed by atoms with Crippen molar-refractivity contribution in [2.24, 2.45) is 0 Å². The first kappa shape index (κ1) is 16.6. The highest BCUT2D eigenvalue weighted by molar-refractivity contribution is 7.22. The van der Waals surface area contributed by atoms with E-state index in [0.717, 1.165) is 11.3 Å². The third-order valence-corrected chi connectivity index (χ3v) is 4.77. The fourth-order valence-corrected chi connectivity index (χ4v) is 3.55. The van der Waals surface area contributed by atoms with Gasteiger partial charge in [-0.1, -0.05) is 11.3 Å². The first-order chi connectivity index (χ1) is 11.3. The third-order valence-electron chi connectivity index (χ3n) is 3.60. The molecule has 128 valence electrons. The van der Waals surface area contributed by atoms with Crippen LogP contribution in [-0.4, -0.2) is 36.1 Å². The molecule has 1 saturated heterocycles. The Labute approximate surface area is 136 Å². The van der Waals surface area contributed by atoms with Gasteiger partial charge in [-0.2, -0.15) is 18.2 Å². The highest BCUT2D eigenvalue weighted by atomic mass is 32.1. The predicted molar refractivity (Wildman–Crippen MR) is 82.6 cm³/mol. The average Bonchev–Trinajstić information content (AvgIpc) is 2.53. The molecule has 2 heterocycles. The molecular weight excluding hydrogens is 349 g/mol. The number of nitrogens with one attached hydrogen (secondary N) is 1. The van der Waals surface area contributed by atoms with Crippen molar-refractivity contribution in [3.05, 3.63) is 38.2 Å². The molecule has 1 aliphatic heterocycles. The molecule has 1 fully saturated rings. The van der Waals surface area contributed by atoms with E-state index in [1.807, 2.05) is 0 Å². The Kier molecular flexibility index (Phi) is 4.13. The van der Waals surface area contributed by atoms with Crippen LogP contribution in [0.25, 0.3) is 10.1 Å². The number of alkyl halides is 3. The van der Waals surface area contributed by atoms with E-state index in [0.29, 0.717) is 38.3 Å². The molecule has 0 aliphatic carbocycles. The highest BCUT2D eigenvalue weighted by Crippen LogP contribution is 2.38. The summed E-state index contributed by atoms with van der Waals surface area (Å²) in [4.78, 5) is 28.0. The Hall–Kier alpha value is -2.27. The van der Waals surface area contributed by atoms with Gasteiger partial charge in [0, 0.05) is 32.2 Å². The van der Waals surface area contributed by atoms with E-state index >= 15 is 0 Å². The zero-order valence-electron chi connectivity index (χ0n) is 12.1. The standard InChI is InChI=1S/C13H11F3N4O3S/c14-13(15,16)7-5-8-10(9(6-7)20(22)23)24-12(18-11(8)21)19-3-1-17-2-4-19/h5-6,17H,1-4H2. The minimum atomic E-state index is -4.78. The number of nitro benzene ring substituents is 1. The van der Waals surface area contributed by atoms with Gasteiger partial charge in [-0.25, -0.2) is 0 Å². The SMILES string of the molecule is O=c1nc(N2CCNCC2)sc2c([N+](=O)[O-])cc(C(F)(F)F)cc12. The minimum absolute atomic E-state index is 0.0958. The van der Waals surface area contributed by atoms with E-state index in [1.54, 1.807) is 4.90 Å². The highest BCUT2D eigenvalue weighted by Gasteiger charge is 2.34. The van der Waals surface area contributed by atoms with Crippen molar-refractivity contribution in [3.8, 4) is 0 Å². The predicted octanol–water partition coefficient (Wildman–Crippen LogP) is 1.99. The summed E-state index contributed by atoms with van der Waals surface area (Å²) in [7, 11) is 0. The lowest BCUT2D eigenvalue weighted by molar-refractivity contribution is -0.383. The van der Waals surface area contributed by atoms with Gasteiger partial charge in [0.25, 0.3) is 11.2 Å². The van der Waals surface area contributed by atoms with Gasteiger partial charge >= 0.3 is 6.18 Å². The fourth-order valence-electron chi connectivity index (χ4n) is 2.43. The van der Waals surface area contributed by atoms with Gasteiger partial charge in [0.05, 0.1) is 15.9 Å². The number of hydrogen-bond acceptors (Lipinski definition) is 7. The smallest absolute Gasteiger partial charge is 0.345 e. The van der Waals surface area contributed by atoms with Crippen LogP contribution in [0.2, 0.25) is 0 Å². The number of nitrogens with zero attached hydrogens (tertiary/aromatic N) is 3. The molecule has 1 aliphatic rings. The van der Waals surface area contributed by atoms with E-state index in [-0.39, 0.29) is 15.2 Å². The quantitative estimate of drug-likeness (QED) is 0.651. The second kappa shape index (κ2) is 5.98. The summed E-state index contributed by atoms with van der Waals surface area (Å²) < 4.78 is 38.6.